The minimum absolute atomic E-state index is 0.0272. The molecule has 1 aliphatic heterocycles. The van der Waals surface area contributed by atoms with Crippen LogP contribution in [-0.4, -0.2) is 53.9 Å². The van der Waals surface area contributed by atoms with Crippen LogP contribution in [0.15, 0.2) is 24.3 Å². The number of carbonyl (C=O) groups is 2. The van der Waals surface area contributed by atoms with Gasteiger partial charge in [0.1, 0.15) is 6.04 Å². The average molecular weight is 356 g/mol. The van der Waals surface area contributed by atoms with Crippen molar-refractivity contribution in [2.45, 2.75) is 24.9 Å². The van der Waals surface area contributed by atoms with Gasteiger partial charge >= 0.3 is 0 Å². The molecule has 126 valence electrons. The highest BCUT2D eigenvalue weighted by atomic mass is 35.5. The molecule has 5 nitrogen and oxygen atoms in total. The fraction of sp³-hybridized carbons (Fsp3) is 0.500. The molecule has 0 aromatic heterocycles. The molecule has 3 N–H and O–H groups in total. The third kappa shape index (κ3) is 4.86. The van der Waals surface area contributed by atoms with Crippen molar-refractivity contribution < 1.29 is 9.59 Å². The van der Waals surface area contributed by atoms with E-state index < -0.39 is 6.04 Å². The van der Waals surface area contributed by atoms with Crippen LogP contribution >= 0.6 is 23.4 Å². The van der Waals surface area contributed by atoms with Crippen LogP contribution in [0.2, 0.25) is 5.02 Å². The van der Waals surface area contributed by atoms with Crippen LogP contribution in [0.3, 0.4) is 0 Å². The van der Waals surface area contributed by atoms with E-state index in [9.17, 15) is 9.59 Å². The monoisotopic (exact) mass is 355 g/mol. The Morgan fingerprint density at radius 3 is 2.83 bits per heavy atom. The normalized spacial score (nSPS) is 18.7. The Labute approximate surface area is 145 Å². The quantitative estimate of drug-likeness (QED) is 0.815. The van der Waals surface area contributed by atoms with Crippen LogP contribution in [0.25, 0.3) is 0 Å². The molecule has 23 heavy (non-hydrogen) atoms. The Kier molecular flexibility index (Phi) is 6.74. The van der Waals surface area contributed by atoms with Crippen LogP contribution in [0, 0.1) is 0 Å². The first-order valence-corrected chi connectivity index (χ1v) is 9.38. The number of nitrogens with zero attached hydrogens (tertiary/aromatic N) is 1. The van der Waals surface area contributed by atoms with Gasteiger partial charge in [-0.2, -0.15) is 11.8 Å². The van der Waals surface area contributed by atoms with Gasteiger partial charge in [0.25, 0.3) is 5.91 Å². The Bertz CT molecular complexity index is 570. The summed E-state index contributed by atoms with van der Waals surface area (Å²) in [5.74, 6) is 0.407. The lowest BCUT2D eigenvalue weighted by molar-refractivity contribution is -0.132. The van der Waals surface area contributed by atoms with Gasteiger partial charge in [-0.25, -0.2) is 0 Å². The molecule has 0 saturated carbocycles. The van der Waals surface area contributed by atoms with Gasteiger partial charge in [-0.1, -0.05) is 23.7 Å². The molecular formula is C16H22ClN3O2S. The molecule has 1 unspecified atom stereocenters. The summed E-state index contributed by atoms with van der Waals surface area (Å²) in [6.45, 7) is 1.20. The topological polar surface area (TPSA) is 75.4 Å². The largest absolute Gasteiger partial charge is 0.340 e. The lowest BCUT2D eigenvalue weighted by Crippen LogP contribution is -2.48. The Balaban J connectivity index is 2.07. The second-order valence-electron chi connectivity index (χ2n) is 5.62. The fourth-order valence-electron chi connectivity index (χ4n) is 2.58. The maximum atomic E-state index is 12.7. The average Bonchev–Trinajstić information content (AvgIpc) is 2.97. The maximum Gasteiger partial charge on any atom is 0.253 e. The summed E-state index contributed by atoms with van der Waals surface area (Å²) in [6.07, 6.45) is 3.37. The summed E-state index contributed by atoms with van der Waals surface area (Å²) < 4.78 is 0. The zero-order chi connectivity index (χ0) is 16.8. The third-order valence-corrected chi connectivity index (χ3v) is 4.84. The van der Waals surface area contributed by atoms with Crippen LogP contribution in [0.4, 0.5) is 0 Å². The lowest BCUT2D eigenvalue weighted by Gasteiger charge is -2.24. The summed E-state index contributed by atoms with van der Waals surface area (Å²) >= 11 is 7.70. The Hall–Kier alpha value is -1.24. The number of hydrogen-bond donors (Lipinski definition) is 2. The summed E-state index contributed by atoms with van der Waals surface area (Å²) in [5.41, 5.74) is 6.26. The highest BCUT2D eigenvalue weighted by Gasteiger charge is 2.30. The third-order valence-electron chi connectivity index (χ3n) is 3.87. The molecule has 0 spiro atoms. The van der Waals surface area contributed by atoms with Crippen LogP contribution in [0.5, 0.6) is 0 Å². The van der Waals surface area contributed by atoms with Crippen molar-refractivity contribution >= 4 is 35.2 Å². The number of benzene rings is 1. The number of carbonyl (C=O) groups excluding carboxylic acids is 2. The van der Waals surface area contributed by atoms with Crippen molar-refractivity contribution in [3.05, 3.63) is 34.9 Å². The zero-order valence-corrected chi connectivity index (χ0v) is 14.7. The zero-order valence-electron chi connectivity index (χ0n) is 13.1. The molecule has 1 heterocycles. The molecule has 2 rings (SSSR count). The number of amides is 2. The SMILES string of the molecule is CSCCC(NC(=O)c1ccccc1Cl)C(=O)N1CC[C@@H](N)C1. The van der Waals surface area contributed by atoms with Crippen molar-refractivity contribution in [1.29, 1.82) is 0 Å². The molecule has 7 heteroatoms. The molecular weight excluding hydrogens is 334 g/mol. The molecule has 1 saturated heterocycles. The van der Waals surface area contributed by atoms with Crippen LogP contribution in [-0.2, 0) is 4.79 Å². The fourth-order valence-corrected chi connectivity index (χ4v) is 3.28. The van der Waals surface area contributed by atoms with E-state index in [1.54, 1.807) is 40.9 Å². The van der Waals surface area contributed by atoms with Crippen molar-refractivity contribution in [3.63, 3.8) is 0 Å². The molecule has 1 aromatic carbocycles. The number of nitrogens with two attached hydrogens (primary N) is 1. The Morgan fingerprint density at radius 1 is 1.48 bits per heavy atom. The second kappa shape index (κ2) is 8.57. The van der Waals surface area contributed by atoms with Crippen molar-refractivity contribution in [1.82, 2.24) is 10.2 Å². The first-order valence-electron chi connectivity index (χ1n) is 7.61. The predicted octanol–water partition coefficient (Wildman–Crippen LogP) is 1.75. The summed E-state index contributed by atoms with van der Waals surface area (Å²) in [4.78, 5) is 26.8. The second-order valence-corrected chi connectivity index (χ2v) is 7.01. The van der Waals surface area contributed by atoms with E-state index in [0.29, 0.717) is 30.1 Å². The number of thioether (sulfide) groups is 1. The van der Waals surface area contributed by atoms with Gasteiger partial charge in [-0.05, 0) is 37.0 Å². The molecule has 2 amide bonds. The van der Waals surface area contributed by atoms with Crippen molar-refractivity contribution in [2.75, 3.05) is 25.1 Å². The molecule has 0 radical (unpaired) electrons. The first kappa shape index (κ1) is 18.1. The van der Waals surface area contributed by atoms with Gasteiger partial charge in [-0.15, -0.1) is 0 Å². The highest BCUT2D eigenvalue weighted by molar-refractivity contribution is 7.98. The number of hydrogen-bond acceptors (Lipinski definition) is 4. The summed E-state index contributed by atoms with van der Waals surface area (Å²) in [6, 6.07) is 6.31. The van der Waals surface area contributed by atoms with E-state index in [1.807, 2.05) is 6.26 Å². The van der Waals surface area contributed by atoms with Gasteiger partial charge in [0.2, 0.25) is 5.91 Å². The number of rotatable bonds is 6. The van der Waals surface area contributed by atoms with Crippen LogP contribution < -0.4 is 11.1 Å². The number of likely N-dealkylation sites (tertiary alicyclic amines) is 1. The summed E-state index contributed by atoms with van der Waals surface area (Å²) in [5, 5.41) is 3.21. The van der Waals surface area contributed by atoms with Crippen LogP contribution in [0.1, 0.15) is 23.2 Å². The predicted molar refractivity (Wildman–Crippen MR) is 94.9 cm³/mol. The lowest BCUT2D eigenvalue weighted by atomic mass is 10.1. The van der Waals surface area contributed by atoms with Gasteiger partial charge < -0.3 is 16.0 Å². The van der Waals surface area contributed by atoms with E-state index >= 15 is 0 Å². The van der Waals surface area contributed by atoms with Gasteiger partial charge in [0.15, 0.2) is 0 Å². The molecule has 2 atom stereocenters. The van der Waals surface area contributed by atoms with Gasteiger partial charge in [0.05, 0.1) is 10.6 Å². The molecule has 1 aliphatic rings. The van der Waals surface area contributed by atoms with E-state index in [4.69, 9.17) is 17.3 Å². The molecule has 0 bridgehead atoms. The Morgan fingerprint density at radius 2 is 2.22 bits per heavy atom. The van der Waals surface area contributed by atoms with Gasteiger partial charge in [0, 0.05) is 19.1 Å². The molecule has 1 aromatic rings. The first-order chi connectivity index (χ1) is 11.0. The smallest absolute Gasteiger partial charge is 0.253 e. The summed E-state index contributed by atoms with van der Waals surface area (Å²) in [7, 11) is 0. The standard InChI is InChI=1S/C16H22ClN3O2S/c1-23-9-7-14(16(22)20-8-6-11(18)10-20)19-15(21)12-4-2-3-5-13(12)17/h2-5,11,14H,6-10,18H2,1H3,(H,19,21)/t11-,14?/m1/s1. The van der Waals surface area contributed by atoms with E-state index in [1.165, 1.54) is 0 Å². The number of halogens is 1. The minimum atomic E-state index is -0.545. The van der Waals surface area contributed by atoms with Gasteiger partial charge in [-0.3, -0.25) is 9.59 Å². The van der Waals surface area contributed by atoms with E-state index in [-0.39, 0.29) is 17.9 Å². The molecule has 0 aliphatic carbocycles. The van der Waals surface area contributed by atoms with E-state index in [2.05, 4.69) is 5.32 Å². The van der Waals surface area contributed by atoms with Crippen molar-refractivity contribution in [3.8, 4) is 0 Å². The highest BCUT2D eigenvalue weighted by Crippen LogP contribution is 2.16. The molecule has 1 fully saturated rings. The number of nitrogens with one attached hydrogen (secondary N) is 1. The minimum Gasteiger partial charge on any atom is -0.340 e. The maximum absolute atomic E-state index is 12.7. The van der Waals surface area contributed by atoms with Crippen molar-refractivity contribution in [2.24, 2.45) is 5.73 Å². The van der Waals surface area contributed by atoms with E-state index in [0.717, 1.165) is 12.2 Å².